The Morgan fingerprint density at radius 1 is 1.16 bits per heavy atom. The lowest BCUT2D eigenvalue weighted by Crippen LogP contribution is -2.12. The number of rotatable bonds is 5. The normalized spacial score (nSPS) is 11.0. The van der Waals surface area contributed by atoms with Gasteiger partial charge in [-0.15, -0.1) is 0 Å². The third kappa shape index (κ3) is 4.20. The first-order valence-corrected chi connectivity index (χ1v) is 10.2. The van der Waals surface area contributed by atoms with Crippen molar-refractivity contribution >= 4 is 34.3 Å². The molecule has 0 unspecified atom stereocenters. The van der Waals surface area contributed by atoms with Gasteiger partial charge in [-0.2, -0.15) is 0 Å². The molecule has 0 aliphatic heterocycles. The second-order valence-corrected chi connectivity index (χ2v) is 7.62. The van der Waals surface area contributed by atoms with Crippen molar-refractivity contribution in [2.24, 2.45) is 0 Å². The number of aromatic hydroxyl groups is 1. The van der Waals surface area contributed by atoms with Gasteiger partial charge in [-0.3, -0.25) is 4.79 Å². The van der Waals surface area contributed by atoms with Crippen LogP contribution in [-0.4, -0.2) is 22.6 Å². The first-order valence-electron chi connectivity index (χ1n) is 9.80. The quantitative estimate of drug-likeness (QED) is 0.368. The van der Waals surface area contributed by atoms with Crippen molar-refractivity contribution in [2.45, 2.75) is 20.8 Å². The van der Waals surface area contributed by atoms with Crippen LogP contribution >= 0.6 is 11.6 Å². The Bertz CT molecular complexity index is 1300. The van der Waals surface area contributed by atoms with E-state index in [2.05, 4.69) is 10.3 Å². The van der Waals surface area contributed by atoms with Gasteiger partial charge >= 0.3 is 0 Å². The summed E-state index contributed by atoms with van der Waals surface area (Å²) in [6, 6.07) is 13.5. The number of amides is 1. The average molecular weight is 437 g/mol. The van der Waals surface area contributed by atoms with Crippen LogP contribution in [0.2, 0.25) is 5.02 Å². The van der Waals surface area contributed by atoms with Crippen molar-refractivity contribution in [3.8, 4) is 23.0 Å². The summed E-state index contributed by atoms with van der Waals surface area (Å²) in [6.07, 6.45) is 0. The Labute approximate surface area is 184 Å². The predicted molar refractivity (Wildman–Crippen MR) is 121 cm³/mol. The largest absolute Gasteiger partial charge is 0.507 e. The molecule has 7 heteroatoms. The van der Waals surface area contributed by atoms with Gasteiger partial charge in [-0.05, 0) is 74.4 Å². The fourth-order valence-electron chi connectivity index (χ4n) is 3.39. The number of aromatic nitrogens is 1. The van der Waals surface area contributed by atoms with Gasteiger partial charge in [0, 0.05) is 11.3 Å². The molecular formula is C24H21ClN2O4. The van der Waals surface area contributed by atoms with E-state index >= 15 is 0 Å². The number of fused-ring (bicyclic) bond motifs is 1. The number of hydrogen-bond donors (Lipinski definition) is 2. The van der Waals surface area contributed by atoms with Crippen LogP contribution < -0.4 is 10.1 Å². The van der Waals surface area contributed by atoms with Gasteiger partial charge < -0.3 is 19.6 Å². The predicted octanol–water partition coefficient (Wildman–Crippen LogP) is 6.12. The topological polar surface area (TPSA) is 84.6 Å². The molecule has 0 radical (unpaired) electrons. The summed E-state index contributed by atoms with van der Waals surface area (Å²) >= 11 is 6.19. The first kappa shape index (κ1) is 20.8. The standard InChI is InChI=1S/C24H21ClN2O4/c1-4-30-21-8-5-15(11-18(21)25)23(29)26-16-6-7-20(28)17(12-16)24-27-19-10-13(2)9-14(3)22(19)31-24/h5-12,28H,4H2,1-3H3,(H,26,29). The molecule has 158 valence electrons. The minimum absolute atomic E-state index is 0.00282. The third-order valence-corrected chi connectivity index (χ3v) is 5.09. The zero-order chi connectivity index (χ0) is 22.1. The van der Waals surface area contributed by atoms with E-state index in [1.54, 1.807) is 30.3 Å². The van der Waals surface area contributed by atoms with Crippen molar-refractivity contribution in [1.29, 1.82) is 0 Å². The lowest BCUT2D eigenvalue weighted by Gasteiger charge is -2.10. The number of carbonyl (C=O) groups excluding carboxylic acids is 1. The summed E-state index contributed by atoms with van der Waals surface area (Å²) in [7, 11) is 0. The molecule has 1 amide bonds. The maximum absolute atomic E-state index is 12.7. The maximum Gasteiger partial charge on any atom is 0.255 e. The maximum atomic E-state index is 12.7. The minimum atomic E-state index is -0.342. The summed E-state index contributed by atoms with van der Waals surface area (Å²) in [4.78, 5) is 17.2. The molecule has 0 bridgehead atoms. The van der Waals surface area contributed by atoms with Gasteiger partial charge in [0.05, 0.1) is 17.2 Å². The molecule has 0 spiro atoms. The number of phenols is 1. The highest BCUT2D eigenvalue weighted by Crippen LogP contribution is 2.34. The monoisotopic (exact) mass is 436 g/mol. The van der Waals surface area contributed by atoms with Gasteiger partial charge in [0.15, 0.2) is 5.58 Å². The van der Waals surface area contributed by atoms with E-state index < -0.39 is 0 Å². The Morgan fingerprint density at radius 2 is 1.97 bits per heavy atom. The Kier molecular flexibility index (Phi) is 5.57. The van der Waals surface area contributed by atoms with Crippen LogP contribution in [0.25, 0.3) is 22.6 Å². The molecule has 0 aliphatic rings. The molecule has 0 saturated carbocycles. The molecule has 1 heterocycles. The second-order valence-electron chi connectivity index (χ2n) is 7.21. The van der Waals surface area contributed by atoms with E-state index in [1.165, 1.54) is 6.07 Å². The fraction of sp³-hybridized carbons (Fsp3) is 0.167. The number of nitrogens with zero attached hydrogens (tertiary/aromatic N) is 1. The molecule has 0 fully saturated rings. The average Bonchev–Trinajstić information content (AvgIpc) is 3.15. The molecule has 1 aromatic heterocycles. The molecule has 4 aromatic rings. The highest BCUT2D eigenvalue weighted by atomic mass is 35.5. The van der Waals surface area contributed by atoms with Crippen LogP contribution in [0, 0.1) is 13.8 Å². The van der Waals surface area contributed by atoms with Crippen LogP contribution in [0.5, 0.6) is 11.5 Å². The molecule has 6 nitrogen and oxygen atoms in total. The van der Waals surface area contributed by atoms with Crippen LogP contribution in [0.3, 0.4) is 0 Å². The number of nitrogens with one attached hydrogen (secondary N) is 1. The molecule has 3 aromatic carbocycles. The molecule has 0 atom stereocenters. The van der Waals surface area contributed by atoms with Crippen molar-refractivity contribution in [3.63, 3.8) is 0 Å². The van der Waals surface area contributed by atoms with E-state index in [9.17, 15) is 9.90 Å². The number of anilines is 1. The smallest absolute Gasteiger partial charge is 0.255 e. The molecular weight excluding hydrogens is 416 g/mol. The molecule has 31 heavy (non-hydrogen) atoms. The molecule has 4 rings (SSSR count). The summed E-state index contributed by atoms with van der Waals surface area (Å²) in [5, 5.41) is 13.5. The summed E-state index contributed by atoms with van der Waals surface area (Å²) in [6.45, 7) is 6.28. The SMILES string of the molecule is CCOc1ccc(C(=O)Nc2ccc(O)c(-c3nc4cc(C)cc(C)c4o3)c2)cc1Cl. The number of benzene rings is 3. The Balaban J connectivity index is 1.63. The van der Waals surface area contributed by atoms with Gasteiger partial charge in [0.25, 0.3) is 5.91 Å². The van der Waals surface area contributed by atoms with Crippen molar-refractivity contribution in [2.75, 3.05) is 11.9 Å². The van der Waals surface area contributed by atoms with Crippen LogP contribution in [0.1, 0.15) is 28.4 Å². The van der Waals surface area contributed by atoms with Crippen LogP contribution in [0.4, 0.5) is 5.69 Å². The zero-order valence-electron chi connectivity index (χ0n) is 17.3. The number of aryl methyl sites for hydroxylation is 2. The van der Waals surface area contributed by atoms with E-state index in [1.807, 2.05) is 32.9 Å². The summed E-state index contributed by atoms with van der Waals surface area (Å²) in [5.74, 6) is 0.462. The number of phenolic OH excluding ortho intramolecular Hbond substituents is 1. The van der Waals surface area contributed by atoms with E-state index in [0.29, 0.717) is 45.3 Å². The third-order valence-electron chi connectivity index (χ3n) is 4.80. The molecule has 0 aliphatic carbocycles. The number of hydrogen-bond acceptors (Lipinski definition) is 5. The summed E-state index contributed by atoms with van der Waals surface area (Å²) in [5.41, 5.74) is 4.67. The first-order chi connectivity index (χ1) is 14.9. The van der Waals surface area contributed by atoms with Crippen molar-refractivity contribution in [3.05, 3.63) is 70.2 Å². The fourth-order valence-corrected chi connectivity index (χ4v) is 3.63. The van der Waals surface area contributed by atoms with E-state index in [0.717, 1.165) is 11.1 Å². The van der Waals surface area contributed by atoms with E-state index in [-0.39, 0.29) is 17.5 Å². The van der Waals surface area contributed by atoms with Crippen LogP contribution in [-0.2, 0) is 0 Å². The number of carbonyl (C=O) groups is 1. The summed E-state index contributed by atoms with van der Waals surface area (Å²) < 4.78 is 11.3. The zero-order valence-corrected chi connectivity index (χ0v) is 18.1. The Morgan fingerprint density at radius 3 is 2.71 bits per heavy atom. The van der Waals surface area contributed by atoms with Crippen molar-refractivity contribution in [1.82, 2.24) is 4.98 Å². The lowest BCUT2D eigenvalue weighted by molar-refractivity contribution is 0.102. The molecule has 0 saturated heterocycles. The molecule has 2 N–H and O–H groups in total. The van der Waals surface area contributed by atoms with Gasteiger partial charge in [0.1, 0.15) is 17.0 Å². The number of oxazole rings is 1. The van der Waals surface area contributed by atoms with Crippen LogP contribution in [0.15, 0.2) is 52.9 Å². The highest BCUT2D eigenvalue weighted by molar-refractivity contribution is 6.32. The van der Waals surface area contributed by atoms with Gasteiger partial charge in [-0.1, -0.05) is 17.7 Å². The minimum Gasteiger partial charge on any atom is -0.507 e. The van der Waals surface area contributed by atoms with Crippen molar-refractivity contribution < 1.29 is 19.1 Å². The second kappa shape index (κ2) is 8.32. The Hall–Kier alpha value is -3.51. The van der Waals surface area contributed by atoms with Gasteiger partial charge in [-0.25, -0.2) is 4.98 Å². The lowest BCUT2D eigenvalue weighted by atomic mass is 10.1. The van der Waals surface area contributed by atoms with E-state index in [4.69, 9.17) is 20.8 Å². The number of halogens is 1. The number of ether oxygens (including phenoxy) is 1. The van der Waals surface area contributed by atoms with Gasteiger partial charge in [0.2, 0.25) is 5.89 Å². The highest BCUT2D eigenvalue weighted by Gasteiger charge is 2.16.